The molecule has 0 aliphatic heterocycles. The van der Waals surface area contributed by atoms with Crippen molar-refractivity contribution in [1.29, 1.82) is 0 Å². The summed E-state index contributed by atoms with van der Waals surface area (Å²) in [6, 6.07) is 18.4. The first-order valence-corrected chi connectivity index (χ1v) is 10.5. The van der Waals surface area contributed by atoms with Gasteiger partial charge in [-0.15, -0.1) is 0 Å². The van der Waals surface area contributed by atoms with Gasteiger partial charge in [0.25, 0.3) is 0 Å². The van der Waals surface area contributed by atoms with Crippen LogP contribution in [-0.4, -0.2) is 42.8 Å². The third-order valence-corrected chi connectivity index (χ3v) is 5.16. The van der Waals surface area contributed by atoms with Gasteiger partial charge >= 0.3 is 0 Å². The minimum absolute atomic E-state index is 0.0936. The van der Waals surface area contributed by atoms with Gasteiger partial charge in [0.05, 0.1) is 28.6 Å². The normalized spacial score (nSPS) is 11.6. The highest BCUT2D eigenvalue weighted by Crippen LogP contribution is 2.25. The van der Waals surface area contributed by atoms with Gasteiger partial charge in [0.15, 0.2) is 9.84 Å². The fourth-order valence-electron chi connectivity index (χ4n) is 2.69. The van der Waals surface area contributed by atoms with Gasteiger partial charge in [0.1, 0.15) is 0 Å². The zero-order valence-corrected chi connectivity index (χ0v) is 15.9. The molecule has 0 unspecified atom stereocenters. The molecule has 142 valence electrons. The molecule has 0 saturated carbocycles. The fraction of sp³-hybridized carbons (Fsp3) is 0.250. The number of rotatable bonds is 8. The van der Waals surface area contributed by atoms with E-state index in [1.807, 2.05) is 41.1 Å². The molecular formula is C20H22N2O4S. The molecule has 0 amide bonds. The Morgan fingerprint density at radius 2 is 1.78 bits per heavy atom. The molecule has 0 fully saturated rings. The molecule has 3 rings (SSSR count). The maximum atomic E-state index is 11.7. The molecule has 1 heterocycles. The predicted molar refractivity (Wildman–Crippen MR) is 103 cm³/mol. The number of aliphatic hydroxyl groups is 1. The summed E-state index contributed by atoms with van der Waals surface area (Å²) in [6.07, 6.45) is 1.78. The van der Waals surface area contributed by atoms with Crippen LogP contribution in [0.1, 0.15) is 12.1 Å². The number of aliphatic hydroxyl groups excluding tert-OH is 1. The van der Waals surface area contributed by atoms with E-state index in [1.165, 1.54) is 6.26 Å². The molecule has 0 aliphatic carbocycles. The van der Waals surface area contributed by atoms with E-state index >= 15 is 0 Å². The van der Waals surface area contributed by atoms with Crippen LogP contribution in [0.5, 0.6) is 0 Å². The average Bonchev–Trinajstić information content (AvgIpc) is 3.10. The van der Waals surface area contributed by atoms with Crippen molar-refractivity contribution < 1.29 is 18.3 Å². The van der Waals surface area contributed by atoms with Crippen LogP contribution in [0.25, 0.3) is 16.9 Å². The Morgan fingerprint density at radius 1 is 1.07 bits per heavy atom. The zero-order valence-electron chi connectivity index (χ0n) is 15.1. The number of hydrogen-bond acceptors (Lipinski definition) is 5. The lowest BCUT2D eigenvalue weighted by Gasteiger charge is -2.08. The van der Waals surface area contributed by atoms with Crippen molar-refractivity contribution in [3.63, 3.8) is 0 Å². The number of benzene rings is 2. The molecule has 0 atom stereocenters. The lowest BCUT2D eigenvalue weighted by atomic mass is 10.1. The Bertz CT molecular complexity index is 981. The van der Waals surface area contributed by atoms with Crippen LogP contribution in [0.4, 0.5) is 0 Å². The zero-order chi connectivity index (χ0) is 19.3. The molecule has 7 heteroatoms. The maximum Gasteiger partial charge on any atom is 0.175 e. The lowest BCUT2D eigenvalue weighted by Crippen LogP contribution is -2.01. The van der Waals surface area contributed by atoms with Crippen LogP contribution in [0, 0.1) is 0 Å². The Labute approximate surface area is 159 Å². The van der Waals surface area contributed by atoms with E-state index < -0.39 is 9.84 Å². The van der Waals surface area contributed by atoms with Crippen LogP contribution in [0.15, 0.2) is 65.6 Å². The van der Waals surface area contributed by atoms with Crippen LogP contribution in [-0.2, 0) is 21.2 Å². The monoisotopic (exact) mass is 386 g/mol. The fourth-order valence-corrected chi connectivity index (χ4v) is 3.32. The highest BCUT2D eigenvalue weighted by Gasteiger charge is 2.13. The minimum Gasteiger partial charge on any atom is -0.396 e. The van der Waals surface area contributed by atoms with Gasteiger partial charge in [-0.3, -0.25) is 0 Å². The third kappa shape index (κ3) is 4.82. The summed E-state index contributed by atoms with van der Waals surface area (Å²) in [5, 5.41) is 13.5. The van der Waals surface area contributed by atoms with E-state index in [-0.39, 0.29) is 11.5 Å². The van der Waals surface area contributed by atoms with E-state index in [0.29, 0.717) is 19.6 Å². The van der Waals surface area contributed by atoms with Crippen molar-refractivity contribution in [2.75, 3.05) is 19.5 Å². The molecule has 1 N–H and O–H groups in total. The first-order chi connectivity index (χ1) is 13.0. The van der Waals surface area contributed by atoms with Crippen molar-refractivity contribution in [3.05, 3.63) is 66.4 Å². The molecule has 0 spiro atoms. The Balaban J connectivity index is 1.96. The molecule has 1 aromatic heterocycles. The molecule has 2 aromatic carbocycles. The van der Waals surface area contributed by atoms with Gasteiger partial charge in [-0.2, -0.15) is 5.10 Å². The van der Waals surface area contributed by atoms with Gasteiger partial charge in [-0.25, -0.2) is 13.1 Å². The first kappa shape index (κ1) is 19.3. The number of para-hydroxylation sites is 1. The summed E-state index contributed by atoms with van der Waals surface area (Å²) in [7, 11) is -3.24. The molecular weight excluding hydrogens is 364 g/mol. The molecule has 27 heavy (non-hydrogen) atoms. The number of sulfone groups is 1. The smallest absolute Gasteiger partial charge is 0.175 e. The second kappa shape index (κ2) is 8.47. The highest BCUT2D eigenvalue weighted by atomic mass is 32.2. The predicted octanol–water partition coefficient (Wildman–Crippen LogP) is 2.84. The van der Waals surface area contributed by atoms with Gasteiger partial charge < -0.3 is 9.84 Å². The quantitative estimate of drug-likeness (QED) is 0.602. The largest absolute Gasteiger partial charge is 0.396 e. The van der Waals surface area contributed by atoms with Crippen LogP contribution < -0.4 is 0 Å². The molecule has 3 aromatic rings. The van der Waals surface area contributed by atoms with Gasteiger partial charge in [-0.1, -0.05) is 30.3 Å². The van der Waals surface area contributed by atoms with E-state index in [0.717, 1.165) is 22.6 Å². The van der Waals surface area contributed by atoms with E-state index in [2.05, 4.69) is 5.10 Å². The number of hydrogen-bond donors (Lipinski definition) is 1. The van der Waals surface area contributed by atoms with Gasteiger partial charge in [0, 0.05) is 25.0 Å². The van der Waals surface area contributed by atoms with Gasteiger partial charge in [0.2, 0.25) is 0 Å². The summed E-state index contributed by atoms with van der Waals surface area (Å²) < 4.78 is 30.8. The summed E-state index contributed by atoms with van der Waals surface area (Å²) >= 11 is 0. The lowest BCUT2D eigenvalue weighted by molar-refractivity contribution is 0.102. The van der Waals surface area contributed by atoms with E-state index in [1.54, 1.807) is 24.3 Å². The summed E-state index contributed by atoms with van der Waals surface area (Å²) in [5.74, 6) is 0. The minimum atomic E-state index is -3.24. The van der Waals surface area contributed by atoms with Crippen LogP contribution >= 0.6 is 0 Å². The second-order valence-corrected chi connectivity index (χ2v) is 8.21. The second-order valence-electron chi connectivity index (χ2n) is 6.19. The summed E-state index contributed by atoms with van der Waals surface area (Å²) in [4.78, 5) is 0.282. The molecule has 6 nitrogen and oxygen atoms in total. The van der Waals surface area contributed by atoms with Crippen molar-refractivity contribution >= 4 is 9.84 Å². The maximum absolute atomic E-state index is 11.7. The number of ether oxygens (including phenoxy) is 1. The number of nitrogens with zero attached hydrogens (tertiary/aromatic N) is 2. The highest BCUT2D eigenvalue weighted by molar-refractivity contribution is 7.90. The van der Waals surface area contributed by atoms with Crippen molar-refractivity contribution in [2.45, 2.75) is 17.9 Å². The molecule has 0 aliphatic rings. The standard InChI is InChI=1S/C20H22N2O4S/c1-27(24,25)19-10-8-16(9-11-19)20-14-17(15-26-13-5-12-23)21-22(20)18-6-3-2-4-7-18/h2-4,6-11,14,23H,5,12-13,15H2,1H3. The van der Waals surface area contributed by atoms with E-state index in [4.69, 9.17) is 9.84 Å². The van der Waals surface area contributed by atoms with Crippen LogP contribution in [0.3, 0.4) is 0 Å². The topological polar surface area (TPSA) is 81.4 Å². The average molecular weight is 386 g/mol. The Hall–Kier alpha value is -2.48. The molecule has 0 radical (unpaired) electrons. The van der Waals surface area contributed by atoms with Crippen LogP contribution in [0.2, 0.25) is 0 Å². The summed E-state index contributed by atoms with van der Waals surface area (Å²) in [6.45, 7) is 0.901. The SMILES string of the molecule is CS(=O)(=O)c1ccc(-c2cc(COCCCO)nn2-c2ccccc2)cc1. The number of aromatic nitrogens is 2. The van der Waals surface area contributed by atoms with Crippen molar-refractivity contribution in [2.24, 2.45) is 0 Å². The Morgan fingerprint density at radius 3 is 2.41 bits per heavy atom. The molecule has 0 bridgehead atoms. The first-order valence-electron chi connectivity index (χ1n) is 8.62. The van der Waals surface area contributed by atoms with Crippen molar-refractivity contribution in [3.8, 4) is 16.9 Å². The third-order valence-electron chi connectivity index (χ3n) is 4.04. The van der Waals surface area contributed by atoms with Gasteiger partial charge in [-0.05, 0) is 36.8 Å². The van der Waals surface area contributed by atoms with Crippen molar-refractivity contribution in [1.82, 2.24) is 9.78 Å². The van der Waals surface area contributed by atoms with E-state index in [9.17, 15) is 8.42 Å². The molecule has 0 saturated heterocycles. The summed E-state index contributed by atoms with van der Waals surface area (Å²) in [5.41, 5.74) is 3.38. The Kier molecular flexibility index (Phi) is 6.05.